The molecule has 2 N–H and O–H groups in total. The Hall–Kier alpha value is -4.02. The number of esters is 1. The number of aromatic amines is 1. The molecule has 0 aliphatic carbocycles. The molecule has 2 aromatic carbocycles. The first kappa shape index (κ1) is 27.0. The smallest absolute Gasteiger partial charge is 0.342 e. The van der Waals surface area contributed by atoms with Gasteiger partial charge in [-0.05, 0) is 92.7 Å². The van der Waals surface area contributed by atoms with Crippen LogP contribution in [0.15, 0.2) is 58.6 Å². The van der Waals surface area contributed by atoms with Gasteiger partial charge in [-0.2, -0.15) is 0 Å². The number of thioether (sulfide) groups is 1. The molecule has 38 heavy (non-hydrogen) atoms. The molecule has 0 aliphatic rings. The molecule has 0 radical (unpaired) electrons. The van der Waals surface area contributed by atoms with Crippen LogP contribution in [-0.2, 0) is 9.53 Å². The van der Waals surface area contributed by atoms with Crippen molar-refractivity contribution in [3.63, 3.8) is 0 Å². The van der Waals surface area contributed by atoms with Crippen LogP contribution in [-0.4, -0.2) is 50.5 Å². The average Bonchev–Trinajstić information content (AvgIpc) is 3.47. The highest BCUT2D eigenvalue weighted by Gasteiger charge is 2.18. The topological polar surface area (TPSA) is 119 Å². The summed E-state index contributed by atoms with van der Waals surface area (Å²) in [7, 11) is 1.54. The molecule has 0 saturated carbocycles. The minimum atomic E-state index is -1.11. The standard InChI is InChI=1S/C27H25ClN4O5S/c1-5-37-26(35)17-6-9-20(10-7-17)32-15(2)12-18(16(32)3)13-23(25(33)34)38-27-29-24(30-31-27)21-14-19(28)8-11-22(21)36-4/h6-14H,5H2,1-4H3,(H,33,34)(H,29,30,31)/b23-13-. The molecule has 9 nitrogen and oxygen atoms in total. The van der Waals surface area contributed by atoms with Crippen molar-refractivity contribution in [1.29, 1.82) is 0 Å². The van der Waals surface area contributed by atoms with Crippen LogP contribution in [0.2, 0.25) is 5.02 Å². The van der Waals surface area contributed by atoms with E-state index in [2.05, 4.69) is 15.2 Å². The fourth-order valence-electron chi connectivity index (χ4n) is 3.94. The highest BCUT2D eigenvalue weighted by Crippen LogP contribution is 2.33. The summed E-state index contributed by atoms with van der Waals surface area (Å²) < 4.78 is 12.4. The van der Waals surface area contributed by atoms with Gasteiger partial charge in [-0.25, -0.2) is 14.6 Å². The second-order valence-corrected chi connectivity index (χ2v) is 9.60. The molecule has 0 spiro atoms. The number of aryl methyl sites for hydroxylation is 1. The molecular weight excluding hydrogens is 528 g/mol. The van der Waals surface area contributed by atoms with Gasteiger partial charge in [0.2, 0.25) is 5.16 Å². The van der Waals surface area contributed by atoms with Gasteiger partial charge < -0.3 is 19.1 Å². The molecule has 2 aromatic heterocycles. The Kier molecular flexibility index (Phi) is 8.23. The number of aliphatic carboxylic acids is 1. The van der Waals surface area contributed by atoms with Crippen LogP contribution >= 0.6 is 23.4 Å². The number of nitrogens with one attached hydrogen (secondary N) is 1. The molecule has 11 heteroatoms. The number of hydrogen-bond acceptors (Lipinski definition) is 7. The number of carbonyl (C=O) groups excluding carboxylic acids is 1. The lowest BCUT2D eigenvalue weighted by molar-refractivity contribution is -0.131. The zero-order valence-electron chi connectivity index (χ0n) is 21.1. The van der Waals surface area contributed by atoms with Gasteiger partial charge in [0.1, 0.15) is 10.7 Å². The number of rotatable bonds is 9. The molecule has 2 heterocycles. The minimum absolute atomic E-state index is 0.0477. The lowest BCUT2D eigenvalue weighted by Crippen LogP contribution is -2.05. The molecule has 0 amide bonds. The first-order valence-corrected chi connectivity index (χ1v) is 12.8. The highest BCUT2D eigenvalue weighted by molar-refractivity contribution is 8.04. The highest BCUT2D eigenvalue weighted by atomic mass is 35.5. The van der Waals surface area contributed by atoms with Crippen LogP contribution in [0.3, 0.4) is 0 Å². The van der Waals surface area contributed by atoms with Crippen LogP contribution in [0.1, 0.15) is 34.2 Å². The summed E-state index contributed by atoms with van der Waals surface area (Å²) >= 11 is 7.05. The Morgan fingerprint density at radius 2 is 1.89 bits per heavy atom. The number of carbonyl (C=O) groups is 2. The lowest BCUT2D eigenvalue weighted by atomic mass is 10.2. The normalized spacial score (nSPS) is 11.4. The quantitative estimate of drug-likeness (QED) is 0.149. The first-order valence-electron chi connectivity index (χ1n) is 11.6. The number of benzene rings is 2. The molecule has 196 valence electrons. The number of hydrogen-bond donors (Lipinski definition) is 2. The van der Waals surface area contributed by atoms with Crippen LogP contribution in [0.5, 0.6) is 5.75 Å². The van der Waals surface area contributed by atoms with Gasteiger partial charge in [0.25, 0.3) is 0 Å². The van der Waals surface area contributed by atoms with Crippen molar-refractivity contribution >= 4 is 41.4 Å². The van der Waals surface area contributed by atoms with Gasteiger partial charge in [0.15, 0.2) is 5.82 Å². The average molecular weight is 553 g/mol. The Morgan fingerprint density at radius 3 is 2.55 bits per heavy atom. The number of nitrogens with zero attached hydrogens (tertiary/aromatic N) is 3. The third kappa shape index (κ3) is 5.76. The third-order valence-corrected chi connectivity index (χ3v) is 6.80. The summed E-state index contributed by atoms with van der Waals surface area (Å²) in [6, 6.07) is 14.1. The van der Waals surface area contributed by atoms with Gasteiger partial charge >= 0.3 is 11.9 Å². The van der Waals surface area contributed by atoms with E-state index in [1.165, 1.54) is 7.11 Å². The summed E-state index contributed by atoms with van der Waals surface area (Å²) in [6.45, 7) is 5.89. The van der Waals surface area contributed by atoms with E-state index in [4.69, 9.17) is 21.1 Å². The Bertz CT molecular complexity index is 1520. The molecule has 0 aliphatic heterocycles. The number of methoxy groups -OCH3 is 1. The summed E-state index contributed by atoms with van der Waals surface area (Å²) in [5.74, 6) is -0.527. The summed E-state index contributed by atoms with van der Waals surface area (Å²) in [6.07, 6.45) is 1.59. The number of ether oxygens (including phenoxy) is 2. The zero-order chi connectivity index (χ0) is 27.4. The number of carboxylic acids is 1. The van der Waals surface area contributed by atoms with E-state index in [-0.39, 0.29) is 16.0 Å². The monoisotopic (exact) mass is 552 g/mol. The molecule has 0 unspecified atom stereocenters. The molecule has 0 fully saturated rings. The van der Waals surface area contributed by atoms with Crippen LogP contribution in [0.25, 0.3) is 23.2 Å². The van der Waals surface area contributed by atoms with Crippen molar-refractivity contribution < 1.29 is 24.2 Å². The SMILES string of the molecule is CCOC(=O)c1ccc(-n2c(C)cc(/C=C(\Sc3n[nH]c(-c4cc(Cl)ccc4OC)n3)C(=O)O)c2C)cc1. The Balaban J connectivity index is 1.62. The maximum absolute atomic E-state index is 12.1. The third-order valence-electron chi connectivity index (χ3n) is 5.69. The molecule has 4 rings (SSSR count). The Morgan fingerprint density at radius 1 is 1.16 bits per heavy atom. The maximum atomic E-state index is 12.1. The fraction of sp³-hybridized carbons (Fsp3) is 0.185. The van der Waals surface area contributed by atoms with Gasteiger partial charge in [-0.15, -0.1) is 5.10 Å². The van der Waals surface area contributed by atoms with Crippen LogP contribution in [0.4, 0.5) is 0 Å². The minimum Gasteiger partial charge on any atom is -0.496 e. The van der Waals surface area contributed by atoms with Crippen LogP contribution < -0.4 is 4.74 Å². The molecular formula is C27H25ClN4O5S. The van der Waals surface area contributed by atoms with E-state index < -0.39 is 5.97 Å². The summed E-state index contributed by atoms with van der Waals surface area (Å²) in [5.41, 5.74) is 4.38. The van der Waals surface area contributed by atoms with Crippen molar-refractivity contribution in [2.75, 3.05) is 13.7 Å². The van der Waals surface area contributed by atoms with Crippen molar-refractivity contribution in [1.82, 2.24) is 19.7 Å². The fourth-order valence-corrected chi connectivity index (χ4v) is 4.81. The van der Waals surface area contributed by atoms with Gasteiger partial charge in [0.05, 0.1) is 24.8 Å². The van der Waals surface area contributed by atoms with Crippen molar-refractivity contribution in [3.05, 3.63) is 81.0 Å². The summed E-state index contributed by atoms with van der Waals surface area (Å²) in [5, 5.41) is 17.6. The van der Waals surface area contributed by atoms with Crippen molar-refractivity contribution in [3.8, 4) is 22.8 Å². The molecule has 0 saturated heterocycles. The van der Waals surface area contributed by atoms with Gasteiger partial charge in [-0.1, -0.05) is 11.6 Å². The number of aromatic nitrogens is 4. The van der Waals surface area contributed by atoms with Gasteiger partial charge in [-0.3, -0.25) is 5.10 Å². The number of halogens is 1. The molecule has 0 atom stereocenters. The van der Waals surface area contributed by atoms with Gasteiger partial charge in [0, 0.05) is 22.1 Å². The number of carboxylic acid groups (broad SMARTS) is 1. The molecule has 0 bridgehead atoms. The van der Waals surface area contributed by atoms with Crippen molar-refractivity contribution in [2.24, 2.45) is 0 Å². The Labute approximate surface area is 228 Å². The van der Waals surface area contributed by atoms with E-state index in [1.54, 1.807) is 43.3 Å². The van der Waals surface area contributed by atoms with E-state index >= 15 is 0 Å². The van der Waals surface area contributed by atoms with Crippen molar-refractivity contribution in [2.45, 2.75) is 25.9 Å². The second-order valence-electron chi connectivity index (χ2n) is 8.16. The van der Waals surface area contributed by atoms with E-state index in [0.29, 0.717) is 34.3 Å². The van der Waals surface area contributed by atoms with Crippen LogP contribution in [0, 0.1) is 13.8 Å². The predicted octanol–water partition coefficient (Wildman–Crippen LogP) is 5.94. The van der Waals surface area contributed by atoms with E-state index in [1.807, 2.05) is 36.6 Å². The molecule has 4 aromatic rings. The number of H-pyrrole nitrogens is 1. The predicted molar refractivity (Wildman–Crippen MR) is 146 cm³/mol. The van der Waals surface area contributed by atoms with E-state index in [9.17, 15) is 14.7 Å². The first-order chi connectivity index (χ1) is 18.2. The zero-order valence-corrected chi connectivity index (χ0v) is 22.7. The second kappa shape index (κ2) is 11.6. The largest absolute Gasteiger partial charge is 0.496 e. The maximum Gasteiger partial charge on any atom is 0.342 e. The lowest BCUT2D eigenvalue weighted by Gasteiger charge is -2.10. The summed E-state index contributed by atoms with van der Waals surface area (Å²) in [4.78, 5) is 28.6. The van der Waals surface area contributed by atoms with E-state index in [0.717, 1.165) is 34.4 Å².